The summed E-state index contributed by atoms with van der Waals surface area (Å²) < 4.78 is 6.78. The number of ether oxygens (including phenoxy) is 1. The van der Waals surface area contributed by atoms with E-state index in [1.807, 2.05) is 19.1 Å². The molecule has 1 atom stereocenters. The van der Waals surface area contributed by atoms with Crippen molar-refractivity contribution in [3.05, 3.63) is 28.2 Å². The number of halogens is 1. The lowest BCUT2D eigenvalue weighted by Gasteiger charge is -2.32. The van der Waals surface area contributed by atoms with Crippen molar-refractivity contribution in [2.45, 2.75) is 45.6 Å². The lowest BCUT2D eigenvalue weighted by atomic mass is 9.77. The van der Waals surface area contributed by atoms with Gasteiger partial charge in [-0.1, -0.05) is 35.7 Å². The third-order valence-electron chi connectivity index (χ3n) is 4.10. The van der Waals surface area contributed by atoms with Gasteiger partial charge in [-0.2, -0.15) is 0 Å². The van der Waals surface area contributed by atoms with Crippen molar-refractivity contribution in [2.75, 3.05) is 6.61 Å². The first-order valence-electron chi connectivity index (χ1n) is 6.74. The molecule has 1 aromatic carbocycles. The molecule has 2 nitrogen and oxygen atoms in total. The highest BCUT2D eigenvalue weighted by molar-refractivity contribution is 9.10. The summed E-state index contributed by atoms with van der Waals surface area (Å²) in [6.07, 6.45) is 5.02. The van der Waals surface area contributed by atoms with Crippen LogP contribution in [0.4, 0.5) is 0 Å². The Bertz CT molecular complexity index is 413. The second-order valence-electron chi connectivity index (χ2n) is 5.45. The van der Waals surface area contributed by atoms with Gasteiger partial charge in [0.2, 0.25) is 0 Å². The first kappa shape index (κ1) is 13.9. The molecule has 0 aromatic heterocycles. The smallest absolute Gasteiger partial charge is 0.124 e. The van der Waals surface area contributed by atoms with Crippen LogP contribution in [0.25, 0.3) is 0 Å². The third-order valence-corrected chi connectivity index (χ3v) is 4.60. The summed E-state index contributed by atoms with van der Waals surface area (Å²) in [6.45, 7) is 4.99. The summed E-state index contributed by atoms with van der Waals surface area (Å²) in [5.74, 6) is 0.932. The van der Waals surface area contributed by atoms with Crippen molar-refractivity contribution in [1.29, 1.82) is 0 Å². The minimum Gasteiger partial charge on any atom is -0.494 e. The van der Waals surface area contributed by atoms with Gasteiger partial charge in [-0.3, -0.25) is 0 Å². The molecule has 1 unspecified atom stereocenters. The van der Waals surface area contributed by atoms with Gasteiger partial charge in [0.05, 0.1) is 6.61 Å². The molecule has 1 aliphatic rings. The minimum absolute atomic E-state index is 0.0547. The average Bonchev–Trinajstić information content (AvgIpc) is 2.79. The molecule has 3 heteroatoms. The minimum atomic E-state index is 0.0547. The fourth-order valence-electron chi connectivity index (χ4n) is 2.92. The number of hydrogen-bond acceptors (Lipinski definition) is 2. The number of benzene rings is 1. The van der Waals surface area contributed by atoms with Crippen LogP contribution < -0.4 is 10.5 Å². The van der Waals surface area contributed by atoms with Crippen molar-refractivity contribution in [1.82, 2.24) is 0 Å². The molecule has 0 amide bonds. The van der Waals surface area contributed by atoms with Gasteiger partial charge in [0.1, 0.15) is 5.75 Å². The van der Waals surface area contributed by atoms with Gasteiger partial charge >= 0.3 is 0 Å². The van der Waals surface area contributed by atoms with Crippen molar-refractivity contribution in [3.63, 3.8) is 0 Å². The molecule has 2 N–H and O–H groups in total. The van der Waals surface area contributed by atoms with Crippen LogP contribution in [0.15, 0.2) is 22.7 Å². The molecule has 18 heavy (non-hydrogen) atoms. The molecule has 2 rings (SSSR count). The largest absolute Gasteiger partial charge is 0.494 e. The highest BCUT2D eigenvalue weighted by Crippen LogP contribution is 2.48. The van der Waals surface area contributed by atoms with Gasteiger partial charge in [0.15, 0.2) is 0 Å². The predicted molar refractivity (Wildman–Crippen MR) is 78.8 cm³/mol. The second-order valence-corrected chi connectivity index (χ2v) is 6.37. The Morgan fingerprint density at radius 1 is 1.39 bits per heavy atom. The van der Waals surface area contributed by atoms with Crippen LogP contribution in [0.1, 0.15) is 51.1 Å². The SMILES string of the molecule is CCOc1ccc(Br)cc1C(N)C1(C)CCCC1. The van der Waals surface area contributed by atoms with Crippen LogP contribution in [-0.4, -0.2) is 6.61 Å². The van der Waals surface area contributed by atoms with E-state index in [4.69, 9.17) is 10.5 Å². The van der Waals surface area contributed by atoms with Crippen LogP contribution >= 0.6 is 15.9 Å². The van der Waals surface area contributed by atoms with E-state index in [0.29, 0.717) is 6.61 Å². The maximum absolute atomic E-state index is 6.53. The molecule has 1 aromatic rings. The maximum atomic E-state index is 6.53. The Morgan fingerprint density at radius 3 is 2.67 bits per heavy atom. The van der Waals surface area contributed by atoms with Crippen LogP contribution in [0.5, 0.6) is 5.75 Å². The van der Waals surface area contributed by atoms with Crippen molar-refractivity contribution >= 4 is 15.9 Å². The Labute approximate surface area is 118 Å². The fourth-order valence-corrected chi connectivity index (χ4v) is 3.30. The maximum Gasteiger partial charge on any atom is 0.124 e. The van der Waals surface area contributed by atoms with E-state index in [0.717, 1.165) is 15.8 Å². The molecule has 0 aliphatic heterocycles. The van der Waals surface area contributed by atoms with E-state index in [1.165, 1.54) is 25.7 Å². The quantitative estimate of drug-likeness (QED) is 0.893. The van der Waals surface area contributed by atoms with E-state index >= 15 is 0 Å². The van der Waals surface area contributed by atoms with E-state index in [-0.39, 0.29) is 11.5 Å². The van der Waals surface area contributed by atoms with Gasteiger partial charge < -0.3 is 10.5 Å². The zero-order chi connectivity index (χ0) is 13.2. The molecule has 0 saturated heterocycles. The molecule has 0 heterocycles. The normalized spacial score (nSPS) is 19.8. The summed E-state index contributed by atoms with van der Waals surface area (Å²) in [5.41, 5.74) is 7.88. The summed E-state index contributed by atoms with van der Waals surface area (Å²) in [6, 6.07) is 6.19. The Balaban J connectivity index is 2.33. The van der Waals surface area contributed by atoms with Crippen LogP contribution in [0.2, 0.25) is 0 Å². The summed E-state index contributed by atoms with van der Waals surface area (Å²) >= 11 is 3.53. The molecular weight excluding hydrogens is 290 g/mol. The molecule has 100 valence electrons. The molecule has 0 radical (unpaired) electrons. The monoisotopic (exact) mass is 311 g/mol. The van der Waals surface area contributed by atoms with Crippen LogP contribution in [0.3, 0.4) is 0 Å². The average molecular weight is 312 g/mol. The lowest BCUT2D eigenvalue weighted by molar-refractivity contribution is 0.254. The van der Waals surface area contributed by atoms with E-state index in [9.17, 15) is 0 Å². The number of nitrogens with two attached hydrogens (primary N) is 1. The number of hydrogen-bond donors (Lipinski definition) is 1. The highest BCUT2D eigenvalue weighted by Gasteiger charge is 2.36. The zero-order valence-corrected chi connectivity index (χ0v) is 12.8. The Hall–Kier alpha value is -0.540. The van der Waals surface area contributed by atoms with E-state index < -0.39 is 0 Å². The van der Waals surface area contributed by atoms with Crippen LogP contribution in [-0.2, 0) is 0 Å². The molecule has 1 aliphatic carbocycles. The van der Waals surface area contributed by atoms with Gasteiger partial charge in [-0.05, 0) is 43.4 Å². The van der Waals surface area contributed by atoms with Gasteiger partial charge in [-0.25, -0.2) is 0 Å². The standard InChI is InChI=1S/C15H22BrNO/c1-3-18-13-7-6-11(16)10-12(13)14(17)15(2)8-4-5-9-15/h6-7,10,14H,3-5,8-9,17H2,1-2H3. The predicted octanol–water partition coefficient (Wildman–Crippen LogP) is 4.43. The molecular formula is C15H22BrNO. The van der Waals surface area contributed by atoms with E-state index in [2.05, 4.69) is 28.9 Å². The Morgan fingerprint density at radius 2 is 2.06 bits per heavy atom. The molecule has 0 spiro atoms. The summed E-state index contributed by atoms with van der Waals surface area (Å²) in [5, 5.41) is 0. The van der Waals surface area contributed by atoms with Gasteiger partial charge in [-0.15, -0.1) is 0 Å². The van der Waals surface area contributed by atoms with Gasteiger partial charge in [0, 0.05) is 16.1 Å². The highest BCUT2D eigenvalue weighted by atomic mass is 79.9. The number of rotatable bonds is 4. The van der Waals surface area contributed by atoms with Crippen molar-refractivity contribution < 1.29 is 4.74 Å². The topological polar surface area (TPSA) is 35.2 Å². The Kier molecular flexibility index (Phi) is 4.33. The van der Waals surface area contributed by atoms with E-state index in [1.54, 1.807) is 0 Å². The lowest BCUT2D eigenvalue weighted by Crippen LogP contribution is -2.29. The van der Waals surface area contributed by atoms with Crippen molar-refractivity contribution in [3.8, 4) is 5.75 Å². The van der Waals surface area contributed by atoms with Crippen molar-refractivity contribution in [2.24, 2.45) is 11.1 Å². The first-order chi connectivity index (χ1) is 8.57. The summed E-state index contributed by atoms with van der Waals surface area (Å²) in [7, 11) is 0. The molecule has 0 bridgehead atoms. The second kappa shape index (κ2) is 5.62. The van der Waals surface area contributed by atoms with Crippen LogP contribution in [0, 0.1) is 5.41 Å². The molecule has 1 saturated carbocycles. The zero-order valence-electron chi connectivity index (χ0n) is 11.2. The van der Waals surface area contributed by atoms with Gasteiger partial charge in [0.25, 0.3) is 0 Å². The first-order valence-corrected chi connectivity index (χ1v) is 7.54. The molecule has 1 fully saturated rings. The fraction of sp³-hybridized carbons (Fsp3) is 0.600. The summed E-state index contributed by atoms with van der Waals surface area (Å²) in [4.78, 5) is 0. The third kappa shape index (κ3) is 2.72.